The van der Waals surface area contributed by atoms with Gasteiger partial charge in [0.2, 0.25) is 5.91 Å². The Kier molecular flexibility index (Phi) is 8.37. The fraction of sp³-hybridized carbons (Fsp3) is 0.458. The van der Waals surface area contributed by atoms with E-state index in [1.165, 1.54) is 12.1 Å². The normalized spacial score (nSPS) is 24.2. The van der Waals surface area contributed by atoms with Crippen LogP contribution < -0.4 is 5.32 Å². The van der Waals surface area contributed by atoms with Crippen LogP contribution in [0.3, 0.4) is 0 Å². The molecule has 2 aromatic carbocycles. The van der Waals surface area contributed by atoms with Crippen molar-refractivity contribution < 1.29 is 40.6 Å². The van der Waals surface area contributed by atoms with Crippen LogP contribution in [0.1, 0.15) is 53.9 Å². The third-order valence-electron chi connectivity index (χ3n) is 6.39. The first-order valence-corrected chi connectivity index (χ1v) is 11.1. The fourth-order valence-electron chi connectivity index (χ4n) is 4.75. The summed E-state index contributed by atoms with van der Waals surface area (Å²) in [6, 6.07) is 7.65. The molecule has 2 aromatic rings. The highest BCUT2D eigenvalue weighted by Crippen LogP contribution is 2.43. The highest BCUT2D eigenvalue weighted by molar-refractivity contribution is 5.83. The Bertz CT molecular complexity index is 1040. The van der Waals surface area contributed by atoms with Gasteiger partial charge >= 0.3 is 12.4 Å². The first-order chi connectivity index (χ1) is 16.8. The third kappa shape index (κ3) is 6.80. The Labute approximate surface area is 201 Å². The van der Waals surface area contributed by atoms with E-state index < -0.39 is 41.7 Å². The van der Waals surface area contributed by atoms with Crippen LogP contribution in [0.4, 0.5) is 30.7 Å². The Hall–Kier alpha value is -3.02. The second-order valence-corrected chi connectivity index (χ2v) is 8.82. The van der Waals surface area contributed by atoms with E-state index in [1.54, 1.807) is 0 Å². The molecule has 4 atom stereocenters. The zero-order chi connectivity index (χ0) is 26.7. The summed E-state index contributed by atoms with van der Waals surface area (Å²) in [6.45, 7) is -0.743. The minimum atomic E-state index is -4.90. The van der Waals surface area contributed by atoms with Crippen LogP contribution in [0.5, 0.6) is 0 Å². The van der Waals surface area contributed by atoms with Gasteiger partial charge in [0.1, 0.15) is 18.5 Å². The molecule has 1 aliphatic carbocycles. The molecule has 1 saturated heterocycles. The molecule has 196 valence electrons. The van der Waals surface area contributed by atoms with Crippen LogP contribution >= 0.6 is 0 Å². The van der Waals surface area contributed by atoms with Crippen LogP contribution in [-0.4, -0.2) is 23.2 Å². The maximum atomic E-state index is 13.0. The SMILES string of the molecule is O=C1NC(C2CCCC2c2ccc(F)cc2)CC1O.O=NCc1cc(C(F)(F)F)cc(C(F)(F)F)c1. The maximum absolute atomic E-state index is 13.0. The van der Waals surface area contributed by atoms with Crippen molar-refractivity contribution in [2.75, 3.05) is 0 Å². The molecule has 1 saturated carbocycles. The lowest BCUT2D eigenvalue weighted by Gasteiger charge is -2.25. The van der Waals surface area contributed by atoms with Gasteiger partial charge in [-0.3, -0.25) is 4.79 Å². The topological polar surface area (TPSA) is 78.8 Å². The first-order valence-electron chi connectivity index (χ1n) is 11.1. The first kappa shape index (κ1) is 27.6. The zero-order valence-corrected chi connectivity index (χ0v) is 18.7. The van der Waals surface area contributed by atoms with E-state index >= 15 is 0 Å². The van der Waals surface area contributed by atoms with Crippen LogP contribution in [0.25, 0.3) is 0 Å². The molecule has 12 heteroatoms. The van der Waals surface area contributed by atoms with E-state index in [-0.39, 0.29) is 23.8 Å². The number of benzene rings is 2. The van der Waals surface area contributed by atoms with Gasteiger partial charge in [0, 0.05) is 12.5 Å². The van der Waals surface area contributed by atoms with Crippen LogP contribution in [-0.2, 0) is 23.7 Å². The quantitative estimate of drug-likeness (QED) is 0.386. The molecule has 1 amide bonds. The Morgan fingerprint density at radius 1 is 0.944 bits per heavy atom. The number of nitroso groups, excluding NO2 is 1. The average Bonchev–Trinajstić information content (AvgIpc) is 3.40. The van der Waals surface area contributed by atoms with Gasteiger partial charge in [0.05, 0.1) is 11.1 Å². The van der Waals surface area contributed by atoms with Gasteiger partial charge < -0.3 is 10.4 Å². The summed E-state index contributed by atoms with van der Waals surface area (Å²) in [4.78, 5) is 21.3. The molecule has 1 heterocycles. The van der Waals surface area contributed by atoms with Crippen molar-refractivity contribution >= 4 is 5.91 Å². The third-order valence-corrected chi connectivity index (χ3v) is 6.39. The molecule has 0 spiro atoms. The number of carbonyl (C=O) groups is 1. The van der Waals surface area contributed by atoms with Gasteiger partial charge in [-0.2, -0.15) is 31.2 Å². The molecule has 0 radical (unpaired) electrons. The number of nitrogens with one attached hydrogen (secondary N) is 1. The summed E-state index contributed by atoms with van der Waals surface area (Å²) in [5.41, 5.74) is -2.20. The van der Waals surface area contributed by atoms with Crippen molar-refractivity contribution in [2.45, 2.75) is 62.6 Å². The van der Waals surface area contributed by atoms with Crippen molar-refractivity contribution in [1.82, 2.24) is 5.32 Å². The highest BCUT2D eigenvalue weighted by Gasteiger charge is 2.41. The van der Waals surface area contributed by atoms with Crippen LogP contribution in [0, 0.1) is 16.6 Å². The molecule has 2 fully saturated rings. The zero-order valence-electron chi connectivity index (χ0n) is 18.7. The molecule has 36 heavy (non-hydrogen) atoms. The van der Waals surface area contributed by atoms with Gasteiger partial charge in [0.25, 0.3) is 0 Å². The lowest BCUT2D eigenvalue weighted by atomic mass is 9.83. The Balaban J connectivity index is 0.000000202. The van der Waals surface area contributed by atoms with E-state index in [9.17, 15) is 45.5 Å². The minimum Gasteiger partial charge on any atom is -0.383 e. The van der Waals surface area contributed by atoms with Crippen LogP contribution in [0.15, 0.2) is 47.6 Å². The summed E-state index contributed by atoms with van der Waals surface area (Å²) < 4.78 is 86.8. The molecule has 4 rings (SSSR count). The van der Waals surface area contributed by atoms with Gasteiger partial charge in [-0.25, -0.2) is 4.39 Å². The van der Waals surface area contributed by atoms with Crippen molar-refractivity contribution in [2.24, 2.45) is 11.1 Å². The fourth-order valence-corrected chi connectivity index (χ4v) is 4.75. The second-order valence-electron chi connectivity index (χ2n) is 8.82. The van der Waals surface area contributed by atoms with E-state index in [4.69, 9.17) is 0 Å². The number of halogens is 7. The molecule has 2 aliphatic rings. The summed E-state index contributed by atoms with van der Waals surface area (Å²) in [7, 11) is 0. The number of amides is 1. The van der Waals surface area contributed by atoms with Gasteiger partial charge in [0.15, 0.2) is 0 Å². The van der Waals surface area contributed by atoms with Crippen molar-refractivity contribution in [3.63, 3.8) is 0 Å². The molecule has 0 aromatic heterocycles. The van der Waals surface area contributed by atoms with E-state index in [2.05, 4.69) is 10.5 Å². The van der Waals surface area contributed by atoms with E-state index in [0.717, 1.165) is 24.8 Å². The summed E-state index contributed by atoms with van der Waals surface area (Å²) in [6.07, 6.45) is -6.92. The Morgan fingerprint density at radius 2 is 1.53 bits per heavy atom. The monoisotopic (exact) mass is 520 g/mol. The molecular formula is C24H23F7N2O3. The summed E-state index contributed by atoms with van der Waals surface area (Å²) in [5, 5.41) is 14.7. The number of nitrogens with zero attached hydrogens (tertiary/aromatic N) is 1. The number of aliphatic hydroxyl groups is 1. The number of rotatable bonds is 4. The lowest BCUT2D eigenvalue weighted by molar-refractivity contribution is -0.143. The number of alkyl halides is 6. The van der Waals surface area contributed by atoms with Crippen LogP contribution in [0.2, 0.25) is 0 Å². The smallest absolute Gasteiger partial charge is 0.383 e. The number of hydrogen-bond acceptors (Lipinski definition) is 4. The number of carbonyl (C=O) groups excluding carboxylic acids is 1. The van der Waals surface area contributed by atoms with Gasteiger partial charge in [-0.15, -0.1) is 0 Å². The Morgan fingerprint density at radius 3 is 2.00 bits per heavy atom. The van der Waals surface area contributed by atoms with Gasteiger partial charge in [-0.1, -0.05) is 23.7 Å². The maximum Gasteiger partial charge on any atom is 0.416 e. The predicted octanol–water partition coefficient (Wildman–Crippen LogP) is 5.95. The largest absolute Gasteiger partial charge is 0.416 e. The standard InChI is InChI=1S/C15H18FNO2.C9H5F6NO/c16-10-6-4-9(5-7-10)11-2-1-3-12(11)13-8-14(18)15(19)17-13;10-8(11,12)6-1-5(4-16-17)2-7(3-6)9(13,14)15/h4-7,11-14,18H,1-3,8H2,(H,17,19);1-3H,4H2. The number of hydrogen-bond donors (Lipinski definition) is 2. The lowest BCUT2D eigenvalue weighted by Crippen LogP contribution is -2.34. The second kappa shape index (κ2) is 10.9. The molecule has 4 unspecified atom stereocenters. The molecule has 0 bridgehead atoms. The minimum absolute atomic E-state index is 0.00565. The van der Waals surface area contributed by atoms with Crippen molar-refractivity contribution in [3.8, 4) is 0 Å². The van der Waals surface area contributed by atoms with E-state index in [0.29, 0.717) is 30.4 Å². The molecule has 1 aliphatic heterocycles. The molecule has 5 nitrogen and oxygen atoms in total. The summed E-state index contributed by atoms with van der Waals surface area (Å²) >= 11 is 0. The van der Waals surface area contributed by atoms with Crippen molar-refractivity contribution in [3.05, 3.63) is 75.4 Å². The van der Waals surface area contributed by atoms with E-state index in [1.807, 2.05) is 12.1 Å². The average molecular weight is 520 g/mol. The van der Waals surface area contributed by atoms with Gasteiger partial charge in [-0.05, 0) is 66.1 Å². The predicted molar refractivity (Wildman–Crippen MR) is 115 cm³/mol. The highest BCUT2D eigenvalue weighted by atomic mass is 19.4. The number of aliphatic hydroxyl groups excluding tert-OH is 1. The summed E-state index contributed by atoms with van der Waals surface area (Å²) in [5.74, 6) is 0.236. The molecule has 2 N–H and O–H groups in total. The van der Waals surface area contributed by atoms with Crippen molar-refractivity contribution in [1.29, 1.82) is 0 Å². The molecular weight excluding hydrogens is 497 g/mol.